The van der Waals surface area contributed by atoms with E-state index in [0.717, 1.165) is 50.9 Å². The number of nitrogens with zero attached hydrogens (tertiary/aromatic N) is 3. The number of benzene rings is 2. The van der Waals surface area contributed by atoms with Gasteiger partial charge in [-0.15, -0.1) is 0 Å². The Kier molecular flexibility index (Phi) is 9.76. The number of Topliss-reactive ketones (excluding diaryl/α,β-unsaturated/α-hetero) is 1. The summed E-state index contributed by atoms with van der Waals surface area (Å²) in [5.74, 6) is -1.71. The maximum atomic E-state index is 13.1. The van der Waals surface area contributed by atoms with Crippen LogP contribution in [0.1, 0.15) is 63.1 Å². The van der Waals surface area contributed by atoms with Crippen molar-refractivity contribution in [3.8, 4) is 0 Å². The zero-order chi connectivity index (χ0) is 26.1. The minimum Gasteiger partial charge on any atom is -0.507 e. The average molecular weight is 494 g/mol. The molecule has 1 saturated heterocycles. The Hall–Kier alpha value is -3.52. The van der Waals surface area contributed by atoms with Crippen molar-refractivity contribution in [2.75, 3.05) is 26.2 Å². The van der Waals surface area contributed by atoms with Gasteiger partial charge in [0, 0.05) is 24.2 Å². The SMILES string of the molecule is CCCCN(CCCC)CCCN1C(=O)C(=O)/C(=C(\O)c2ccc([N+](=O)[O-])cc2)C1c1ccccc1. The van der Waals surface area contributed by atoms with Crippen LogP contribution in [0.2, 0.25) is 0 Å². The monoisotopic (exact) mass is 493 g/mol. The lowest BCUT2D eigenvalue weighted by molar-refractivity contribution is -0.384. The van der Waals surface area contributed by atoms with Crippen LogP contribution in [0.15, 0.2) is 60.2 Å². The number of hydrogen-bond donors (Lipinski definition) is 1. The second kappa shape index (κ2) is 13.0. The highest BCUT2D eigenvalue weighted by Crippen LogP contribution is 2.39. The number of unbranched alkanes of at least 4 members (excludes halogenated alkanes) is 2. The van der Waals surface area contributed by atoms with Gasteiger partial charge in [-0.1, -0.05) is 57.0 Å². The van der Waals surface area contributed by atoms with E-state index >= 15 is 0 Å². The van der Waals surface area contributed by atoms with E-state index in [4.69, 9.17) is 0 Å². The first kappa shape index (κ1) is 27.1. The predicted molar refractivity (Wildman–Crippen MR) is 139 cm³/mol. The molecule has 0 spiro atoms. The number of rotatable bonds is 13. The lowest BCUT2D eigenvalue weighted by atomic mass is 9.95. The van der Waals surface area contributed by atoms with E-state index in [1.807, 2.05) is 30.3 Å². The molecule has 0 bridgehead atoms. The summed E-state index contributed by atoms with van der Waals surface area (Å²) in [6, 6.07) is 13.8. The summed E-state index contributed by atoms with van der Waals surface area (Å²) in [5.41, 5.74) is 0.870. The number of carbonyl (C=O) groups is 2. The molecule has 0 saturated carbocycles. The number of carbonyl (C=O) groups excluding carboxylic acids is 2. The summed E-state index contributed by atoms with van der Waals surface area (Å²) in [7, 11) is 0. The highest BCUT2D eigenvalue weighted by molar-refractivity contribution is 6.46. The number of aliphatic hydroxyl groups excluding tert-OH is 1. The molecule has 1 fully saturated rings. The van der Waals surface area contributed by atoms with Gasteiger partial charge in [0.1, 0.15) is 5.76 Å². The topological polar surface area (TPSA) is 104 Å². The largest absolute Gasteiger partial charge is 0.507 e. The van der Waals surface area contributed by atoms with Crippen LogP contribution < -0.4 is 0 Å². The van der Waals surface area contributed by atoms with Crippen molar-refractivity contribution in [2.24, 2.45) is 0 Å². The van der Waals surface area contributed by atoms with E-state index in [-0.39, 0.29) is 22.6 Å². The number of non-ortho nitro benzene ring substituents is 1. The third-order valence-electron chi connectivity index (χ3n) is 6.54. The van der Waals surface area contributed by atoms with Gasteiger partial charge in [-0.05, 0) is 56.6 Å². The Labute approximate surface area is 212 Å². The fraction of sp³-hybridized carbons (Fsp3) is 0.429. The summed E-state index contributed by atoms with van der Waals surface area (Å²) >= 11 is 0. The van der Waals surface area contributed by atoms with E-state index in [9.17, 15) is 24.8 Å². The van der Waals surface area contributed by atoms with Crippen molar-refractivity contribution >= 4 is 23.1 Å². The second-order valence-electron chi connectivity index (χ2n) is 9.11. The Morgan fingerprint density at radius 2 is 1.53 bits per heavy atom. The molecule has 36 heavy (non-hydrogen) atoms. The molecule has 1 unspecified atom stereocenters. The molecule has 1 aliphatic heterocycles. The standard InChI is InChI=1S/C28H35N3O5/c1-3-5-17-29(18-6-4-2)19-10-20-30-25(21-11-8-7-9-12-21)24(27(33)28(30)34)26(32)22-13-15-23(16-14-22)31(35)36/h7-9,11-16,25,32H,3-6,10,17-20H2,1-2H3/b26-24-. The van der Waals surface area contributed by atoms with Crippen molar-refractivity contribution < 1.29 is 19.6 Å². The van der Waals surface area contributed by atoms with Gasteiger partial charge in [-0.3, -0.25) is 19.7 Å². The van der Waals surface area contributed by atoms with E-state index in [1.165, 1.54) is 24.3 Å². The summed E-state index contributed by atoms with van der Waals surface area (Å²) < 4.78 is 0. The molecule has 2 aromatic rings. The number of nitro benzene ring substituents is 1. The van der Waals surface area contributed by atoms with Crippen molar-refractivity contribution in [3.63, 3.8) is 0 Å². The number of aliphatic hydroxyl groups is 1. The molecule has 192 valence electrons. The van der Waals surface area contributed by atoms with E-state index in [2.05, 4.69) is 18.7 Å². The molecule has 0 radical (unpaired) electrons. The average Bonchev–Trinajstić information content (AvgIpc) is 3.15. The maximum absolute atomic E-state index is 13.1. The lowest BCUT2D eigenvalue weighted by Crippen LogP contribution is -2.34. The van der Waals surface area contributed by atoms with Crippen LogP contribution in [0.5, 0.6) is 0 Å². The molecular weight excluding hydrogens is 458 g/mol. The summed E-state index contributed by atoms with van der Waals surface area (Å²) in [6.07, 6.45) is 5.18. The highest BCUT2D eigenvalue weighted by atomic mass is 16.6. The van der Waals surface area contributed by atoms with Gasteiger partial charge in [0.2, 0.25) is 0 Å². The molecule has 3 rings (SSSR count). The highest BCUT2D eigenvalue weighted by Gasteiger charge is 2.45. The molecule has 1 amide bonds. The molecule has 1 atom stereocenters. The molecule has 8 heteroatoms. The first-order chi connectivity index (χ1) is 17.4. The van der Waals surface area contributed by atoms with Crippen LogP contribution in [-0.2, 0) is 9.59 Å². The molecule has 1 heterocycles. The van der Waals surface area contributed by atoms with Crippen LogP contribution in [-0.4, -0.2) is 57.7 Å². The number of amides is 1. The van der Waals surface area contributed by atoms with Gasteiger partial charge in [0.15, 0.2) is 0 Å². The zero-order valence-corrected chi connectivity index (χ0v) is 21.1. The normalized spacial score (nSPS) is 17.2. The second-order valence-corrected chi connectivity index (χ2v) is 9.11. The molecule has 1 N–H and O–H groups in total. The molecule has 0 aliphatic carbocycles. The summed E-state index contributed by atoms with van der Waals surface area (Å²) in [4.78, 5) is 40.7. The van der Waals surface area contributed by atoms with E-state index < -0.39 is 22.7 Å². The van der Waals surface area contributed by atoms with Gasteiger partial charge in [0.05, 0.1) is 16.5 Å². The molecule has 8 nitrogen and oxygen atoms in total. The zero-order valence-electron chi connectivity index (χ0n) is 21.1. The number of likely N-dealkylation sites (tertiary alicyclic amines) is 1. The van der Waals surface area contributed by atoms with Gasteiger partial charge >= 0.3 is 0 Å². The Balaban J connectivity index is 1.89. The molecular formula is C28H35N3O5. The van der Waals surface area contributed by atoms with Gasteiger partial charge in [-0.25, -0.2) is 0 Å². The number of hydrogen-bond acceptors (Lipinski definition) is 6. The Morgan fingerprint density at radius 1 is 0.944 bits per heavy atom. The van der Waals surface area contributed by atoms with Gasteiger partial charge in [-0.2, -0.15) is 0 Å². The van der Waals surface area contributed by atoms with Crippen LogP contribution in [0, 0.1) is 10.1 Å². The van der Waals surface area contributed by atoms with Gasteiger partial charge < -0.3 is 14.9 Å². The maximum Gasteiger partial charge on any atom is 0.295 e. The van der Waals surface area contributed by atoms with Crippen molar-refractivity contribution in [1.29, 1.82) is 0 Å². The van der Waals surface area contributed by atoms with Crippen molar-refractivity contribution in [2.45, 2.75) is 52.0 Å². The molecule has 0 aromatic heterocycles. The quantitative estimate of drug-likeness (QED) is 0.133. The number of ketones is 1. The van der Waals surface area contributed by atoms with E-state index in [0.29, 0.717) is 13.0 Å². The van der Waals surface area contributed by atoms with Gasteiger partial charge in [0.25, 0.3) is 17.4 Å². The van der Waals surface area contributed by atoms with Crippen LogP contribution in [0.25, 0.3) is 5.76 Å². The minimum atomic E-state index is -0.742. The fourth-order valence-electron chi connectivity index (χ4n) is 4.55. The van der Waals surface area contributed by atoms with Crippen molar-refractivity contribution in [1.82, 2.24) is 9.80 Å². The number of nitro groups is 1. The third-order valence-corrected chi connectivity index (χ3v) is 6.54. The molecule has 2 aromatic carbocycles. The van der Waals surface area contributed by atoms with Crippen LogP contribution >= 0.6 is 0 Å². The lowest BCUT2D eigenvalue weighted by Gasteiger charge is -2.27. The van der Waals surface area contributed by atoms with Crippen LogP contribution in [0.3, 0.4) is 0 Å². The summed E-state index contributed by atoms with van der Waals surface area (Å²) in [5, 5.41) is 22.1. The summed E-state index contributed by atoms with van der Waals surface area (Å²) in [6.45, 7) is 7.57. The third kappa shape index (κ3) is 6.37. The molecule has 1 aliphatic rings. The fourth-order valence-corrected chi connectivity index (χ4v) is 4.55. The Morgan fingerprint density at radius 3 is 2.08 bits per heavy atom. The minimum absolute atomic E-state index is 0.00822. The van der Waals surface area contributed by atoms with Crippen molar-refractivity contribution in [3.05, 3.63) is 81.4 Å². The first-order valence-electron chi connectivity index (χ1n) is 12.7. The predicted octanol–water partition coefficient (Wildman–Crippen LogP) is 5.31. The first-order valence-corrected chi connectivity index (χ1v) is 12.7. The van der Waals surface area contributed by atoms with Crippen LogP contribution in [0.4, 0.5) is 5.69 Å². The Bertz CT molecular complexity index is 1070. The smallest absolute Gasteiger partial charge is 0.295 e. The van der Waals surface area contributed by atoms with E-state index in [1.54, 1.807) is 4.90 Å².